The molecule has 8 nitrogen and oxygen atoms in total. The van der Waals surface area contributed by atoms with Crippen molar-refractivity contribution in [3.8, 4) is 0 Å². The lowest BCUT2D eigenvalue weighted by atomic mass is 9.99. The van der Waals surface area contributed by atoms with Crippen molar-refractivity contribution in [3.05, 3.63) is 0 Å². The summed E-state index contributed by atoms with van der Waals surface area (Å²) >= 11 is 0. The van der Waals surface area contributed by atoms with Gasteiger partial charge in [0.15, 0.2) is 0 Å². The normalized spacial score (nSPS) is 11.1. The molecule has 0 aliphatic heterocycles. The van der Waals surface area contributed by atoms with Crippen LogP contribution in [0.4, 0.5) is 0 Å². The van der Waals surface area contributed by atoms with Gasteiger partial charge in [0.25, 0.3) is 0 Å². The standard InChI is InChI=1S/2C23H49NO.C6H10O4/c2*1-3-5-7-9-11-13-15-17-19-23(24-21-22-25)20-18-16-14-12-10-8-6-4-2;7-5(8)3-1-2-4-6(9)10/h2*23-25H,3-22H2,1-2H3;1-4H2,(H,7,8)(H,9,10). The first-order valence-electron chi connectivity index (χ1n) is 26.4. The number of unbranched alkanes of at least 4 members (excludes halogenated alkanes) is 29. The zero-order valence-corrected chi connectivity index (χ0v) is 40.9. The highest BCUT2D eigenvalue weighted by Gasteiger charge is 2.09. The molecule has 0 atom stereocenters. The van der Waals surface area contributed by atoms with Crippen molar-refractivity contribution in [2.45, 2.75) is 297 Å². The number of carboxylic acid groups (broad SMARTS) is 2. The van der Waals surface area contributed by atoms with Gasteiger partial charge in [-0.2, -0.15) is 0 Å². The number of carbonyl (C=O) groups is 2. The Labute approximate surface area is 374 Å². The van der Waals surface area contributed by atoms with E-state index in [4.69, 9.17) is 20.4 Å². The van der Waals surface area contributed by atoms with E-state index in [1.165, 1.54) is 231 Å². The van der Waals surface area contributed by atoms with E-state index in [2.05, 4.69) is 38.3 Å². The Morgan fingerprint density at radius 1 is 0.333 bits per heavy atom. The molecule has 0 aromatic heterocycles. The van der Waals surface area contributed by atoms with Crippen molar-refractivity contribution in [2.24, 2.45) is 0 Å². The SMILES string of the molecule is CCCCCCCCCCC(CCCCCCCCCC)NCCO.CCCCCCCCCCC(CCCCCCCCCC)NCCO.O=C(O)CCCCC(=O)O. The molecule has 0 aromatic rings. The number of aliphatic hydroxyl groups excluding tert-OH is 2. The zero-order chi connectivity index (χ0) is 44.8. The minimum absolute atomic E-state index is 0.0628. The largest absolute Gasteiger partial charge is 0.481 e. The van der Waals surface area contributed by atoms with Crippen LogP contribution in [0.1, 0.15) is 285 Å². The summed E-state index contributed by atoms with van der Waals surface area (Å²) in [5.74, 6) is -1.74. The molecule has 0 heterocycles. The average Bonchev–Trinajstić information content (AvgIpc) is 3.24. The summed E-state index contributed by atoms with van der Waals surface area (Å²) in [7, 11) is 0. The molecule has 6 N–H and O–H groups in total. The van der Waals surface area contributed by atoms with Crippen LogP contribution in [0.2, 0.25) is 0 Å². The van der Waals surface area contributed by atoms with Crippen LogP contribution in [-0.2, 0) is 9.59 Å². The van der Waals surface area contributed by atoms with Gasteiger partial charge in [0.05, 0.1) is 13.2 Å². The van der Waals surface area contributed by atoms with Crippen molar-refractivity contribution in [3.63, 3.8) is 0 Å². The summed E-state index contributed by atoms with van der Waals surface area (Å²) < 4.78 is 0. The number of nitrogens with one attached hydrogen (secondary N) is 2. The molecule has 0 radical (unpaired) electrons. The Morgan fingerprint density at radius 2 is 0.533 bits per heavy atom. The topological polar surface area (TPSA) is 139 Å². The molecule has 0 saturated carbocycles. The maximum absolute atomic E-state index is 9.90. The predicted octanol–water partition coefficient (Wildman–Crippen LogP) is 14.7. The van der Waals surface area contributed by atoms with E-state index >= 15 is 0 Å². The Balaban J connectivity index is -0.000000884. The van der Waals surface area contributed by atoms with Gasteiger partial charge >= 0.3 is 11.9 Å². The number of hydrogen-bond acceptors (Lipinski definition) is 6. The molecule has 0 rings (SSSR count). The Hall–Kier alpha value is -1.22. The maximum atomic E-state index is 9.90. The maximum Gasteiger partial charge on any atom is 0.303 e. The number of rotatable bonds is 47. The van der Waals surface area contributed by atoms with E-state index in [1.54, 1.807) is 0 Å². The molecule has 0 spiro atoms. The Morgan fingerprint density at radius 3 is 0.717 bits per heavy atom. The van der Waals surface area contributed by atoms with Crippen molar-refractivity contribution in [2.75, 3.05) is 26.3 Å². The second-order valence-electron chi connectivity index (χ2n) is 17.8. The first-order valence-corrected chi connectivity index (χ1v) is 26.4. The smallest absolute Gasteiger partial charge is 0.303 e. The number of hydrogen-bond donors (Lipinski definition) is 6. The van der Waals surface area contributed by atoms with Gasteiger partial charge in [-0.25, -0.2) is 0 Å². The lowest BCUT2D eigenvalue weighted by molar-refractivity contribution is -0.139. The van der Waals surface area contributed by atoms with Gasteiger partial charge in [-0.1, -0.05) is 233 Å². The van der Waals surface area contributed by atoms with E-state index in [9.17, 15) is 9.59 Å². The third-order valence-corrected chi connectivity index (χ3v) is 11.7. The van der Waals surface area contributed by atoms with Crippen LogP contribution in [0.5, 0.6) is 0 Å². The first kappa shape index (κ1) is 63.1. The third-order valence-electron chi connectivity index (χ3n) is 11.7. The van der Waals surface area contributed by atoms with Crippen LogP contribution >= 0.6 is 0 Å². The van der Waals surface area contributed by atoms with Crippen molar-refractivity contribution in [1.29, 1.82) is 0 Å². The number of carboxylic acids is 2. The van der Waals surface area contributed by atoms with Crippen LogP contribution in [-0.4, -0.2) is 70.8 Å². The minimum atomic E-state index is -0.870. The zero-order valence-electron chi connectivity index (χ0n) is 40.9. The number of aliphatic hydroxyl groups is 2. The van der Waals surface area contributed by atoms with Gasteiger partial charge in [-0.15, -0.1) is 0 Å². The summed E-state index contributed by atoms with van der Waals surface area (Å²) in [5, 5.41) is 41.5. The monoisotopic (exact) mass is 857 g/mol. The van der Waals surface area contributed by atoms with Gasteiger partial charge in [0, 0.05) is 38.0 Å². The molecule has 0 bridgehead atoms. The van der Waals surface area contributed by atoms with Crippen molar-refractivity contribution >= 4 is 11.9 Å². The van der Waals surface area contributed by atoms with Gasteiger partial charge in [0.1, 0.15) is 0 Å². The lowest BCUT2D eigenvalue weighted by Gasteiger charge is -2.18. The molecule has 362 valence electrons. The molecular weight excluding hydrogens is 749 g/mol. The molecule has 0 aromatic carbocycles. The molecule has 60 heavy (non-hydrogen) atoms. The van der Waals surface area contributed by atoms with E-state index < -0.39 is 11.9 Å². The van der Waals surface area contributed by atoms with Crippen LogP contribution in [0.15, 0.2) is 0 Å². The second-order valence-corrected chi connectivity index (χ2v) is 17.8. The van der Waals surface area contributed by atoms with Crippen molar-refractivity contribution in [1.82, 2.24) is 10.6 Å². The Kier molecular flexibility index (Phi) is 60.7. The molecule has 0 amide bonds. The predicted molar refractivity (Wildman–Crippen MR) is 260 cm³/mol. The van der Waals surface area contributed by atoms with Crippen molar-refractivity contribution < 1.29 is 30.0 Å². The van der Waals surface area contributed by atoms with E-state index in [-0.39, 0.29) is 26.1 Å². The molecule has 0 saturated heterocycles. The van der Waals surface area contributed by atoms with Gasteiger partial charge in [0.2, 0.25) is 0 Å². The number of aliphatic carboxylic acids is 2. The summed E-state index contributed by atoms with van der Waals surface area (Å²) in [6, 6.07) is 1.26. The fourth-order valence-electron chi connectivity index (χ4n) is 7.89. The Bertz CT molecular complexity index is 696. The molecule has 0 fully saturated rings. The summed E-state index contributed by atoms with van der Waals surface area (Å²) in [6.07, 6.45) is 51.0. The third kappa shape index (κ3) is 61.1. The van der Waals surface area contributed by atoms with Gasteiger partial charge in [-0.3, -0.25) is 9.59 Å². The molecule has 0 aliphatic carbocycles. The molecule has 8 heteroatoms. The summed E-state index contributed by atoms with van der Waals surface area (Å²) in [6.45, 7) is 11.2. The quantitative estimate of drug-likeness (QED) is 0.0333. The minimum Gasteiger partial charge on any atom is -0.481 e. The van der Waals surface area contributed by atoms with E-state index in [0.29, 0.717) is 24.9 Å². The van der Waals surface area contributed by atoms with Gasteiger partial charge in [-0.05, 0) is 38.5 Å². The first-order chi connectivity index (χ1) is 29.3. The summed E-state index contributed by atoms with van der Waals surface area (Å²) in [5.41, 5.74) is 0. The van der Waals surface area contributed by atoms with Crippen LogP contribution in [0, 0.1) is 0 Å². The van der Waals surface area contributed by atoms with E-state index in [1.807, 2.05) is 0 Å². The fraction of sp³-hybridized carbons (Fsp3) is 0.962. The fourth-order valence-corrected chi connectivity index (χ4v) is 7.89. The van der Waals surface area contributed by atoms with Crippen LogP contribution < -0.4 is 10.6 Å². The van der Waals surface area contributed by atoms with Gasteiger partial charge < -0.3 is 31.1 Å². The molecular formula is C52H108N2O6. The molecule has 0 aliphatic rings. The molecule has 0 unspecified atom stereocenters. The lowest BCUT2D eigenvalue weighted by Crippen LogP contribution is -2.31. The second kappa shape index (κ2) is 57.8. The highest BCUT2D eigenvalue weighted by atomic mass is 16.4. The van der Waals surface area contributed by atoms with Crippen LogP contribution in [0.3, 0.4) is 0 Å². The highest BCUT2D eigenvalue weighted by molar-refractivity contribution is 5.67. The summed E-state index contributed by atoms with van der Waals surface area (Å²) in [4.78, 5) is 19.8. The highest BCUT2D eigenvalue weighted by Crippen LogP contribution is 2.17. The average molecular weight is 857 g/mol. The van der Waals surface area contributed by atoms with Crippen LogP contribution in [0.25, 0.3) is 0 Å². The van der Waals surface area contributed by atoms with E-state index in [0.717, 1.165) is 13.1 Å².